The molecule has 2 aromatic rings. The van der Waals surface area contributed by atoms with E-state index in [0.29, 0.717) is 0 Å². The van der Waals surface area contributed by atoms with Crippen LogP contribution in [-0.4, -0.2) is 0 Å². The van der Waals surface area contributed by atoms with Gasteiger partial charge >= 0.3 is 0 Å². The zero-order chi connectivity index (χ0) is 13.1. The van der Waals surface area contributed by atoms with Gasteiger partial charge in [-0.3, -0.25) is 0 Å². The monoisotopic (exact) mass is 388 g/mol. The van der Waals surface area contributed by atoms with E-state index in [9.17, 15) is 0 Å². The fourth-order valence-corrected chi connectivity index (χ4v) is 2.61. The highest BCUT2D eigenvalue weighted by molar-refractivity contribution is 9.10. The van der Waals surface area contributed by atoms with Crippen molar-refractivity contribution in [1.29, 1.82) is 0 Å². The van der Waals surface area contributed by atoms with Crippen LogP contribution in [0.15, 0.2) is 40.9 Å². The Kier molecular flexibility index (Phi) is 4.71. The van der Waals surface area contributed by atoms with Crippen LogP contribution in [0.25, 0.3) is 0 Å². The second-order valence-corrected chi connectivity index (χ2v) is 5.81. The number of aryl methyl sites for hydroxylation is 1. The third-order valence-electron chi connectivity index (χ3n) is 2.53. The van der Waals surface area contributed by atoms with E-state index in [4.69, 9.17) is 16.3 Å². The van der Waals surface area contributed by atoms with E-state index in [2.05, 4.69) is 31.9 Å². The molecule has 0 saturated heterocycles. The first-order chi connectivity index (χ1) is 8.60. The molecular formula is C14H11Br2ClO. The van der Waals surface area contributed by atoms with Gasteiger partial charge in [-0.2, -0.15) is 0 Å². The molecule has 2 aromatic carbocycles. The van der Waals surface area contributed by atoms with Crippen LogP contribution in [0.4, 0.5) is 0 Å². The van der Waals surface area contributed by atoms with Crippen LogP contribution >= 0.6 is 43.5 Å². The molecule has 18 heavy (non-hydrogen) atoms. The average molecular weight is 391 g/mol. The first kappa shape index (κ1) is 13.9. The minimum absolute atomic E-state index is 0.717. The highest BCUT2D eigenvalue weighted by Crippen LogP contribution is 2.32. The van der Waals surface area contributed by atoms with Crippen molar-refractivity contribution in [2.75, 3.05) is 0 Å². The zero-order valence-corrected chi connectivity index (χ0v) is 13.6. The summed E-state index contributed by atoms with van der Waals surface area (Å²) in [5.74, 6) is 1.66. The van der Waals surface area contributed by atoms with Gasteiger partial charge in [-0.15, -0.1) is 0 Å². The minimum Gasteiger partial charge on any atom is -0.457 e. The van der Waals surface area contributed by atoms with E-state index < -0.39 is 0 Å². The van der Waals surface area contributed by atoms with Gasteiger partial charge in [-0.1, -0.05) is 49.5 Å². The first-order valence-electron chi connectivity index (χ1n) is 5.38. The molecule has 0 unspecified atom stereocenters. The maximum Gasteiger partial charge on any atom is 0.132 e. The second-order valence-electron chi connectivity index (χ2n) is 3.90. The number of rotatable bonds is 3. The number of hydrogen-bond donors (Lipinski definition) is 0. The van der Waals surface area contributed by atoms with Crippen molar-refractivity contribution in [3.63, 3.8) is 0 Å². The highest BCUT2D eigenvalue weighted by Gasteiger charge is 2.07. The molecule has 0 heterocycles. The molecule has 0 radical (unpaired) electrons. The Morgan fingerprint density at radius 3 is 2.56 bits per heavy atom. The number of alkyl halides is 1. The van der Waals surface area contributed by atoms with Crippen molar-refractivity contribution in [3.8, 4) is 11.5 Å². The third-order valence-corrected chi connectivity index (χ3v) is 3.86. The Morgan fingerprint density at radius 1 is 1.11 bits per heavy atom. The fourth-order valence-electron chi connectivity index (χ4n) is 1.58. The largest absolute Gasteiger partial charge is 0.457 e. The Hall–Kier alpha value is -0.510. The minimum atomic E-state index is 0.717. The van der Waals surface area contributed by atoms with Gasteiger partial charge in [0.1, 0.15) is 11.5 Å². The first-order valence-corrected chi connectivity index (χ1v) is 7.68. The number of ether oxygens (including phenoxy) is 1. The summed E-state index contributed by atoms with van der Waals surface area (Å²) >= 11 is 12.8. The molecule has 0 atom stereocenters. The van der Waals surface area contributed by atoms with Gasteiger partial charge in [0, 0.05) is 20.4 Å². The Bertz CT molecular complexity index is 570. The Labute approximate surface area is 128 Å². The fraction of sp³-hybridized carbons (Fsp3) is 0.143. The lowest BCUT2D eigenvalue weighted by Gasteiger charge is -2.12. The Balaban J connectivity index is 2.36. The maximum absolute atomic E-state index is 5.95. The van der Waals surface area contributed by atoms with Gasteiger partial charge in [0.15, 0.2) is 0 Å². The van der Waals surface area contributed by atoms with Gasteiger partial charge in [0.2, 0.25) is 0 Å². The molecule has 2 rings (SSSR count). The van der Waals surface area contributed by atoms with Crippen LogP contribution in [0.5, 0.6) is 11.5 Å². The van der Waals surface area contributed by atoms with Crippen LogP contribution in [-0.2, 0) is 5.33 Å². The van der Waals surface area contributed by atoms with Crippen LogP contribution in [0.1, 0.15) is 11.1 Å². The van der Waals surface area contributed by atoms with Crippen LogP contribution in [0.2, 0.25) is 5.02 Å². The van der Waals surface area contributed by atoms with Gasteiger partial charge < -0.3 is 4.74 Å². The highest BCUT2D eigenvalue weighted by atomic mass is 79.9. The molecule has 0 aliphatic carbocycles. The molecule has 0 aliphatic heterocycles. The van der Waals surface area contributed by atoms with Gasteiger partial charge in [-0.25, -0.2) is 0 Å². The summed E-state index contributed by atoms with van der Waals surface area (Å²) in [6.45, 7) is 1.98. The van der Waals surface area contributed by atoms with Crippen LogP contribution < -0.4 is 4.74 Å². The molecule has 0 amide bonds. The topological polar surface area (TPSA) is 9.23 Å². The van der Waals surface area contributed by atoms with E-state index in [-0.39, 0.29) is 0 Å². The van der Waals surface area contributed by atoms with Gasteiger partial charge in [0.05, 0.1) is 0 Å². The summed E-state index contributed by atoms with van der Waals surface area (Å²) in [5.41, 5.74) is 2.12. The summed E-state index contributed by atoms with van der Waals surface area (Å²) in [6, 6.07) is 11.6. The Morgan fingerprint density at radius 2 is 1.89 bits per heavy atom. The van der Waals surface area contributed by atoms with Crippen molar-refractivity contribution in [1.82, 2.24) is 0 Å². The van der Waals surface area contributed by atoms with Gasteiger partial charge in [-0.05, 0) is 42.8 Å². The van der Waals surface area contributed by atoms with Crippen molar-refractivity contribution >= 4 is 43.5 Å². The molecular weight excluding hydrogens is 379 g/mol. The van der Waals surface area contributed by atoms with Crippen LogP contribution in [0, 0.1) is 6.92 Å². The molecule has 0 aliphatic rings. The van der Waals surface area contributed by atoms with Crippen molar-refractivity contribution in [2.45, 2.75) is 12.3 Å². The molecule has 94 valence electrons. The molecule has 0 aromatic heterocycles. The molecule has 0 bridgehead atoms. The molecule has 4 heteroatoms. The predicted octanol–water partition coefficient (Wildman–Crippen LogP) is 6.10. The third kappa shape index (κ3) is 3.28. The van der Waals surface area contributed by atoms with Crippen molar-refractivity contribution in [2.24, 2.45) is 0 Å². The predicted molar refractivity (Wildman–Crippen MR) is 83.0 cm³/mol. The second kappa shape index (κ2) is 6.09. The van der Waals surface area contributed by atoms with E-state index in [0.717, 1.165) is 37.5 Å². The summed E-state index contributed by atoms with van der Waals surface area (Å²) in [7, 11) is 0. The molecule has 0 spiro atoms. The molecule has 0 fully saturated rings. The maximum atomic E-state index is 5.95. The lowest BCUT2D eigenvalue weighted by atomic mass is 10.2. The standard InChI is InChI=1S/C14H11Br2ClO/c1-9-6-12(17)4-5-13(9)18-14-7-11(16)3-2-10(14)8-15/h2-7H,8H2,1H3. The average Bonchev–Trinajstić information content (AvgIpc) is 2.33. The van der Waals surface area contributed by atoms with Crippen molar-refractivity contribution in [3.05, 3.63) is 57.0 Å². The smallest absolute Gasteiger partial charge is 0.132 e. The lowest BCUT2D eigenvalue weighted by molar-refractivity contribution is 0.474. The summed E-state index contributed by atoms with van der Waals surface area (Å²) in [4.78, 5) is 0. The normalized spacial score (nSPS) is 10.4. The zero-order valence-electron chi connectivity index (χ0n) is 9.71. The molecule has 0 N–H and O–H groups in total. The number of halogens is 3. The van der Waals surface area contributed by atoms with Crippen LogP contribution in [0.3, 0.4) is 0 Å². The number of hydrogen-bond acceptors (Lipinski definition) is 1. The van der Waals surface area contributed by atoms with E-state index in [1.165, 1.54) is 0 Å². The number of benzene rings is 2. The summed E-state index contributed by atoms with van der Waals surface area (Å²) < 4.78 is 6.94. The molecule has 1 nitrogen and oxygen atoms in total. The molecule has 0 saturated carbocycles. The quantitative estimate of drug-likeness (QED) is 0.576. The summed E-state index contributed by atoms with van der Waals surface area (Å²) in [6.07, 6.45) is 0. The van der Waals surface area contributed by atoms with Gasteiger partial charge in [0.25, 0.3) is 0 Å². The van der Waals surface area contributed by atoms with E-state index >= 15 is 0 Å². The lowest BCUT2D eigenvalue weighted by Crippen LogP contribution is -1.91. The summed E-state index contributed by atoms with van der Waals surface area (Å²) in [5, 5.41) is 1.47. The SMILES string of the molecule is Cc1cc(Cl)ccc1Oc1cc(Br)ccc1CBr. The van der Waals surface area contributed by atoms with Crippen molar-refractivity contribution < 1.29 is 4.74 Å². The van der Waals surface area contributed by atoms with E-state index in [1.54, 1.807) is 0 Å². The van der Waals surface area contributed by atoms with E-state index in [1.807, 2.05) is 43.3 Å².